The molecule has 0 radical (unpaired) electrons. The SMILES string of the molecule is Cc1nc2ccc(Br)cc2c(=O)n1NCC(=O)NNC(=S)NCC1C(=O)NC(=S)NC1=O. The maximum absolute atomic E-state index is 12.7. The number of carbonyl (C=O) groups excluding carboxylic acids is 3. The van der Waals surface area contributed by atoms with Gasteiger partial charge in [0.25, 0.3) is 11.5 Å². The van der Waals surface area contributed by atoms with E-state index in [2.05, 4.69) is 53.1 Å². The molecule has 1 saturated heterocycles. The van der Waals surface area contributed by atoms with Crippen LogP contribution in [0.15, 0.2) is 27.5 Å². The monoisotopic (exact) mass is 540 g/mol. The molecule has 1 aromatic carbocycles. The largest absolute Gasteiger partial charge is 0.360 e. The Bertz CT molecular complexity index is 1180. The number of carbonyl (C=O) groups is 3. The number of hydrogen-bond donors (Lipinski definition) is 6. The van der Waals surface area contributed by atoms with Crippen molar-refractivity contribution in [3.05, 3.63) is 38.9 Å². The molecule has 168 valence electrons. The molecule has 12 nitrogen and oxygen atoms in total. The first-order valence-corrected chi connectivity index (χ1v) is 10.7. The van der Waals surface area contributed by atoms with Gasteiger partial charge in [0.1, 0.15) is 18.3 Å². The fraction of sp³-hybridized carbons (Fsp3) is 0.235. The maximum Gasteiger partial charge on any atom is 0.279 e. The molecule has 6 N–H and O–H groups in total. The summed E-state index contributed by atoms with van der Waals surface area (Å²) in [5.74, 6) is -2.30. The Morgan fingerprint density at radius 2 is 1.91 bits per heavy atom. The van der Waals surface area contributed by atoms with E-state index in [0.29, 0.717) is 16.7 Å². The highest BCUT2D eigenvalue weighted by molar-refractivity contribution is 9.10. The molecule has 1 aliphatic heterocycles. The lowest BCUT2D eigenvalue weighted by Crippen LogP contribution is -2.59. The van der Waals surface area contributed by atoms with Gasteiger partial charge in [-0.25, -0.2) is 9.66 Å². The van der Waals surface area contributed by atoms with Gasteiger partial charge in [-0.1, -0.05) is 15.9 Å². The average Bonchev–Trinajstić information content (AvgIpc) is 2.72. The molecule has 2 heterocycles. The van der Waals surface area contributed by atoms with Crippen LogP contribution in [0.4, 0.5) is 0 Å². The van der Waals surface area contributed by atoms with Gasteiger partial charge in [-0.2, -0.15) is 0 Å². The Balaban J connectivity index is 1.50. The molecule has 32 heavy (non-hydrogen) atoms. The second kappa shape index (κ2) is 9.97. The van der Waals surface area contributed by atoms with E-state index in [1.165, 1.54) is 4.68 Å². The van der Waals surface area contributed by atoms with Gasteiger partial charge < -0.3 is 21.4 Å². The molecule has 3 rings (SSSR count). The van der Waals surface area contributed by atoms with E-state index in [1.54, 1.807) is 25.1 Å². The van der Waals surface area contributed by atoms with Gasteiger partial charge in [0.05, 0.1) is 10.9 Å². The highest BCUT2D eigenvalue weighted by Crippen LogP contribution is 2.15. The number of aromatic nitrogens is 2. The molecule has 2 aromatic rings. The summed E-state index contributed by atoms with van der Waals surface area (Å²) in [7, 11) is 0. The van der Waals surface area contributed by atoms with Crippen LogP contribution in [0.3, 0.4) is 0 Å². The number of thiocarbonyl (C=S) groups is 2. The highest BCUT2D eigenvalue weighted by Gasteiger charge is 2.32. The third kappa shape index (κ3) is 5.54. The lowest BCUT2D eigenvalue weighted by atomic mass is 10.1. The van der Waals surface area contributed by atoms with Gasteiger partial charge in [-0.15, -0.1) is 0 Å². The predicted molar refractivity (Wildman–Crippen MR) is 127 cm³/mol. The number of fused-ring (bicyclic) bond motifs is 1. The van der Waals surface area contributed by atoms with Crippen molar-refractivity contribution >= 4 is 79.2 Å². The fourth-order valence-electron chi connectivity index (χ4n) is 2.75. The van der Waals surface area contributed by atoms with Crippen LogP contribution < -0.4 is 37.8 Å². The minimum absolute atomic E-state index is 0.0160. The van der Waals surface area contributed by atoms with E-state index in [9.17, 15) is 19.2 Å². The molecule has 0 saturated carbocycles. The van der Waals surface area contributed by atoms with Crippen molar-refractivity contribution in [2.45, 2.75) is 6.92 Å². The average molecular weight is 541 g/mol. The summed E-state index contributed by atoms with van der Waals surface area (Å²) in [6.45, 7) is 1.27. The number of nitrogens with one attached hydrogen (secondary N) is 6. The lowest BCUT2D eigenvalue weighted by molar-refractivity contribution is -0.134. The summed E-state index contributed by atoms with van der Waals surface area (Å²) >= 11 is 13.0. The van der Waals surface area contributed by atoms with Crippen LogP contribution in [0.5, 0.6) is 0 Å². The van der Waals surface area contributed by atoms with Crippen molar-refractivity contribution in [2.75, 3.05) is 18.5 Å². The number of hydrogen-bond acceptors (Lipinski definition) is 8. The van der Waals surface area contributed by atoms with Gasteiger partial charge in [-0.05, 0) is 49.6 Å². The van der Waals surface area contributed by atoms with Crippen molar-refractivity contribution in [2.24, 2.45) is 5.92 Å². The zero-order chi connectivity index (χ0) is 23.4. The normalized spacial score (nSPS) is 13.9. The van der Waals surface area contributed by atoms with E-state index in [1.807, 2.05) is 0 Å². The molecular weight excluding hydrogens is 524 g/mol. The molecule has 0 unspecified atom stereocenters. The molecule has 1 fully saturated rings. The third-order valence-corrected chi connectivity index (χ3v) is 5.23. The van der Waals surface area contributed by atoms with Crippen LogP contribution in [0, 0.1) is 12.8 Å². The smallest absolute Gasteiger partial charge is 0.279 e. The summed E-state index contributed by atoms with van der Waals surface area (Å²) in [6, 6.07) is 5.15. The van der Waals surface area contributed by atoms with Crippen LogP contribution in [0.2, 0.25) is 0 Å². The number of aryl methyl sites for hydroxylation is 1. The van der Waals surface area contributed by atoms with Crippen LogP contribution >= 0.6 is 40.4 Å². The van der Waals surface area contributed by atoms with Crippen molar-refractivity contribution in [1.29, 1.82) is 0 Å². The summed E-state index contributed by atoms with van der Waals surface area (Å²) in [6.07, 6.45) is 0. The van der Waals surface area contributed by atoms with E-state index >= 15 is 0 Å². The summed E-state index contributed by atoms with van der Waals surface area (Å²) in [4.78, 5) is 52.7. The Morgan fingerprint density at radius 1 is 1.22 bits per heavy atom. The van der Waals surface area contributed by atoms with Crippen LogP contribution in [-0.4, -0.2) is 50.7 Å². The first-order valence-electron chi connectivity index (χ1n) is 9.07. The van der Waals surface area contributed by atoms with E-state index in [0.717, 1.165) is 4.47 Å². The van der Waals surface area contributed by atoms with Crippen molar-refractivity contribution in [1.82, 2.24) is 36.5 Å². The molecule has 0 atom stereocenters. The standard InChI is InChI=1S/C17H17BrN8O4S2/c1-7-21-11-3-2-8(18)4-9(11)15(30)26(7)20-6-12(27)24-25-16(31)19-5-10-13(28)22-17(32)23-14(10)29/h2-4,10,20H,5-6H2,1H3,(H,24,27)(H2,19,25,31)(H2,22,23,28,29,32). The van der Waals surface area contributed by atoms with E-state index in [4.69, 9.17) is 24.4 Å². The van der Waals surface area contributed by atoms with Gasteiger partial charge in [0, 0.05) is 11.0 Å². The van der Waals surface area contributed by atoms with Crippen LogP contribution in [0.1, 0.15) is 5.82 Å². The number of halogens is 1. The van der Waals surface area contributed by atoms with Crippen LogP contribution in [-0.2, 0) is 14.4 Å². The second-order valence-corrected chi connectivity index (χ2v) is 8.27. The molecule has 0 bridgehead atoms. The molecule has 0 spiro atoms. The van der Waals surface area contributed by atoms with Crippen molar-refractivity contribution in [3.8, 4) is 0 Å². The number of rotatable bonds is 5. The highest BCUT2D eigenvalue weighted by atomic mass is 79.9. The first-order chi connectivity index (χ1) is 15.2. The minimum Gasteiger partial charge on any atom is -0.360 e. The quantitative estimate of drug-likeness (QED) is 0.152. The molecule has 0 aliphatic carbocycles. The van der Waals surface area contributed by atoms with Gasteiger partial charge in [0.15, 0.2) is 10.2 Å². The molecule has 1 aromatic heterocycles. The summed E-state index contributed by atoms with van der Waals surface area (Å²) in [5, 5.41) is 7.63. The molecule has 15 heteroatoms. The Hall–Kier alpha value is -3.17. The number of amides is 3. The Kier molecular flexibility index (Phi) is 7.32. The van der Waals surface area contributed by atoms with E-state index < -0.39 is 23.6 Å². The van der Waals surface area contributed by atoms with Gasteiger partial charge in [-0.3, -0.25) is 30.0 Å². The Labute approximate surface area is 200 Å². The minimum atomic E-state index is -1.03. The number of nitrogens with zero attached hydrogens (tertiary/aromatic N) is 2. The zero-order valence-corrected chi connectivity index (χ0v) is 19.7. The van der Waals surface area contributed by atoms with Gasteiger partial charge in [0.2, 0.25) is 11.8 Å². The molecule has 3 amide bonds. The molecule has 1 aliphatic rings. The van der Waals surface area contributed by atoms with Crippen LogP contribution in [0.25, 0.3) is 10.9 Å². The topological polar surface area (TPSA) is 158 Å². The van der Waals surface area contributed by atoms with Crippen molar-refractivity contribution < 1.29 is 14.4 Å². The number of benzene rings is 1. The lowest BCUT2D eigenvalue weighted by Gasteiger charge is -2.23. The van der Waals surface area contributed by atoms with Crippen molar-refractivity contribution in [3.63, 3.8) is 0 Å². The maximum atomic E-state index is 12.7. The summed E-state index contributed by atoms with van der Waals surface area (Å²) in [5.41, 5.74) is 7.68. The zero-order valence-electron chi connectivity index (χ0n) is 16.4. The third-order valence-electron chi connectivity index (χ3n) is 4.28. The van der Waals surface area contributed by atoms with Gasteiger partial charge >= 0.3 is 0 Å². The fourth-order valence-corrected chi connectivity index (χ4v) is 3.45. The second-order valence-electron chi connectivity index (χ2n) is 6.54. The number of hydrazine groups is 1. The Morgan fingerprint density at radius 3 is 2.59 bits per heavy atom. The first kappa shape index (κ1) is 23.5. The summed E-state index contributed by atoms with van der Waals surface area (Å²) < 4.78 is 1.91. The molecular formula is C17H17BrN8O4S2. The predicted octanol–water partition coefficient (Wildman–Crippen LogP) is -1.35. The van der Waals surface area contributed by atoms with E-state index in [-0.39, 0.29) is 28.9 Å².